The highest BCUT2D eigenvalue weighted by atomic mass is 16.4. The van der Waals surface area contributed by atoms with Crippen LogP contribution in [0, 0.1) is 0 Å². The lowest BCUT2D eigenvalue weighted by atomic mass is 10.3. The smallest absolute Gasteiger partial charge is 0.244 e. The lowest BCUT2D eigenvalue weighted by Crippen LogP contribution is -2.20. The SMILES string of the molecule is C=CCNC(=O)/C=C\C(=C)C=C.CCCC.COC. The zero-order valence-electron chi connectivity index (χ0n) is 12.9. The standard InChI is InChI=1S/C10H13NO.C4H10.C2H6O/c1-4-8-11-10(12)7-6-9(3)5-2;1-3-4-2;1-3-2/h4-7H,1-3,8H2,(H,11,12);3-4H2,1-2H3;1-2H3/b7-6-;;. The predicted octanol–water partition coefficient (Wildman–Crippen LogP) is 3.66. The zero-order chi connectivity index (χ0) is 15.5. The summed E-state index contributed by atoms with van der Waals surface area (Å²) in [4.78, 5) is 10.9. The first-order valence-corrected chi connectivity index (χ1v) is 6.32. The lowest BCUT2D eigenvalue weighted by molar-refractivity contribution is -0.116. The van der Waals surface area contributed by atoms with Gasteiger partial charge in [0, 0.05) is 26.8 Å². The molecule has 0 aromatic rings. The van der Waals surface area contributed by atoms with Crippen molar-refractivity contribution in [2.75, 3.05) is 20.8 Å². The molecular weight excluding hydrogens is 238 g/mol. The number of nitrogens with one attached hydrogen (secondary N) is 1. The minimum absolute atomic E-state index is 0.155. The topological polar surface area (TPSA) is 38.3 Å². The number of unbranched alkanes of at least 4 members (excludes halogenated alkanes) is 1. The first kappa shape index (κ1) is 22.6. The molecule has 0 spiro atoms. The number of methoxy groups -OCH3 is 1. The van der Waals surface area contributed by atoms with Crippen molar-refractivity contribution in [3.63, 3.8) is 0 Å². The summed E-state index contributed by atoms with van der Waals surface area (Å²) in [5, 5.41) is 2.59. The van der Waals surface area contributed by atoms with Crippen molar-refractivity contribution in [3.05, 3.63) is 49.6 Å². The Kier molecular flexibility index (Phi) is 25.7. The molecule has 0 unspecified atom stereocenters. The van der Waals surface area contributed by atoms with E-state index in [1.165, 1.54) is 18.9 Å². The number of allylic oxidation sites excluding steroid dienone is 3. The molecule has 0 fully saturated rings. The number of hydrogen-bond donors (Lipinski definition) is 1. The maximum atomic E-state index is 10.9. The molecular formula is C16H29NO2. The van der Waals surface area contributed by atoms with E-state index in [0.717, 1.165) is 0 Å². The van der Waals surface area contributed by atoms with Crippen LogP contribution in [-0.2, 0) is 9.53 Å². The second kappa shape index (κ2) is 21.7. The highest BCUT2D eigenvalue weighted by molar-refractivity contribution is 5.88. The monoisotopic (exact) mass is 267 g/mol. The van der Waals surface area contributed by atoms with Crippen molar-refractivity contribution in [3.8, 4) is 0 Å². The number of ether oxygens (including phenoxy) is 1. The van der Waals surface area contributed by atoms with Crippen LogP contribution in [0.4, 0.5) is 0 Å². The van der Waals surface area contributed by atoms with Gasteiger partial charge in [0.2, 0.25) is 5.91 Å². The summed E-state index contributed by atoms with van der Waals surface area (Å²) in [6.45, 7) is 15.4. The number of carbonyl (C=O) groups excluding carboxylic acids is 1. The second-order valence-electron chi connectivity index (χ2n) is 3.55. The molecule has 0 aromatic heterocycles. The number of hydrogen-bond acceptors (Lipinski definition) is 2. The van der Waals surface area contributed by atoms with Crippen molar-refractivity contribution < 1.29 is 9.53 Å². The molecule has 1 N–H and O–H groups in total. The van der Waals surface area contributed by atoms with Gasteiger partial charge >= 0.3 is 0 Å². The molecule has 0 saturated carbocycles. The Morgan fingerprint density at radius 2 is 1.63 bits per heavy atom. The van der Waals surface area contributed by atoms with Crippen LogP contribution in [0.5, 0.6) is 0 Å². The molecule has 0 bridgehead atoms. The van der Waals surface area contributed by atoms with Gasteiger partial charge in [-0.3, -0.25) is 4.79 Å². The average Bonchev–Trinajstić information content (AvgIpc) is 2.43. The van der Waals surface area contributed by atoms with Gasteiger partial charge in [0.1, 0.15) is 0 Å². The van der Waals surface area contributed by atoms with Crippen LogP contribution in [0.15, 0.2) is 49.6 Å². The van der Waals surface area contributed by atoms with Crippen LogP contribution in [0.3, 0.4) is 0 Å². The fourth-order valence-electron chi connectivity index (χ4n) is 0.482. The van der Waals surface area contributed by atoms with E-state index in [0.29, 0.717) is 12.1 Å². The Bertz CT molecular complexity index is 266. The number of rotatable bonds is 6. The molecule has 0 saturated heterocycles. The summed E-state index contributed by atoms with van der Waals surface area (Å²) >= 11 is 0. The molecule has 0 aromatic carbocycles. The van der Waals surface area contributed by atoms with Crippen molar-refractivity contribution >= 4 is 5.91 Å². The summed E-state index contributed by atoms with van der Waals surface area (Å²) in [7, 11) is 3.25. The minimum atomic E-state index is -0.155. The third-order valence-electron chi connectivity index (χ3n) is 1.63. The largest absolute Gasteiger partial charge is 0.388 e. The van der Waals surface area contributed by atoms with E-state index < -0.39 is 0 Å². The summed E-state index contributed by atoms with van der Waals surface area (Å²) < 4.78 is 4.25. The van der Waals surface area contributed by atoms with E-state index >= 15 is 0 Å². The molecule has 0 atom stereocenters. The van der Waals surface area contributed by atoms with Gasteiger partial charge in [-0.1, -0.05) is 58.1 Å². The van der Waals surface area contributed by atoms with E-state index in [4.69, 9.17) is 0 Å². The van der Waals surface area contributed by atoms with Gasteiger partial charge in [-0.2, -0.15) is 0 Å². The van der Waals surface area contributed by atoms with Crippen LogP contribution < -0.4 is 5.32 Å². The Morgan fingerprint density at radius 1 is 1.16 bits per heavy atom. The Hall–Kier alpha value is -1.61. The van der Waals surface area contributed by atoms with Gasteiger partial charge in [0.05, 0.1) is 0 Å². The van der Waals surface area contributed by atoms with Crippen molar-refractivity contribution in [2.24, 2.45) is 0 Å². The summed E-state index contributed by atoms with van der Waals surface area (Å²) in [6.07, 6.45) is 8.85. The summed E-state index contributed by atoms with van der Waals surface area (Å²) in [6, 6.07) is 0. The van der Waals surface area contributed by atoms with Gasteiger partial charge in [0.25, 0.3) is 0 Å². The maximum Gasteiger partial charge on any atom is 0.244 e. The van der Waals surface area contributed by atoms with E-state index in [-0.39, 0.29) is 5.91 Å². The molecule has 110 valence electrons. The molecule has 0 heterocycles. The highest BCUT2D eigenvalue weighted by Gasteiger charge is 1.89. The molecule has 0 radical (unpaired) electrons. The fraction of sp³-hybridized carbons (Fsp3) is 0.438. The Morgan fingerprint density at radius 3 is 1.95 bits per heavy atom. The molecule has 3 nitrogen and oxygen atoms in total. The molecule has 1 amide bonds. The molecule has 0 aliphatic heterocycles. The minimum Gasteiger partial charge on any atom is -0.388 e. The molecule has 0 rings (SSSR count). The van der Waals surface area contributed by atoms with Gasteiger partial charge in [-0.05, 0) is 5.57 Å². The normalized spacial score (nSPS) is 8.42. The third-order valence-corrected chi connectivity index (χ3v) is 1.63. The summed E-state index contributed by atoms with van der Waals surface area (Å²) in [5.74, 6) is -0.155. The average molecular weight is 267 g/mol. The van der Waals surface area contributed by atoms with E-state index in [2.05, 4.69) is 43.6 Å². The number of amides is 1. The third kappa shape index (κ3) is 31.4. The number of carbonyl (C=O) groups is 1. The molecule has 0 aliphatic rings. The highest BCUT2D eigenvalue weighted by Crippen LogP contribution is 1.91. The van der Waals surface area contributed by atoms with Crippen LogP contribution in [0.1, 0.15) is 26.7 Å². The van der Waals surface area contributed by atoms with Crippen LogP contribution in [-0.4, -0.2) is 26.7 Å². The van der Waals surface area contributed by atoms with E-state index in [1.54, 1.807) is 32.4 Å². The quantitative estimate of drug-likeness (QED) is 0.453. The maximum absolute atomic E-state index is 10.9. The van der Waals surface area contributed by atoms with Crippen LogP contribution in [0.25, 0.3) is 0 Å². The van der Waals surface area contributed by atoms with Crippen LogP contribution >= 0.6 is 0 Å². The zero-order valence-corrected chi connectivity index (χ0v) is 12.9. The van der Waals surface area contributed by atoms with Gasteiger partial charge < -0.3 is 10.1 Å². The first-order chi connectivity index (χ1) is 9.03. The van der Waals surface area contributed by atoms with Crippen molar-refractivity contribution in [1.82, 2.24) is 5.32 Å². The molecule has 0 aliphatic carbocycles. The lowest BCUT2D eigenvalue weighted by Gasteiger charge is -1.94. The Labute approximate surface area is 118 Å². The molecule has 3 heteroatoms. The van der Waals surface area contributed by atoms with Gasteiger partial charge in [-0.25, -0.2) is 0 Å². The van der Waals surface area contributed by atoms with Crippen molar-refractivity contribution in [1.29, 1.82) is 0 Å². The first-order valence-electron chi connectivity index (χ1n) is 6.32. The summed E-state index contributed by atoms with van der Waals surface area (Å²) in [5.41, 5.74) is 0.712. The van der Waals surface area contributed by atoms with Crippen molar-refractivity contribution in [2.45, 2.75) is 26.7 Å². The Balaban J connectivity index is -0.000000303. The van der Waals surface area contributed by atoms with E-state index in [9.17, 15) is 4.79 Å². The predicted molar refractivity (Wildman–Crippen MR) is 85.2 cm³/mol. The fourth-order valence-corrected chi connectivity index (χ4v) is 0.482. The second-order valence-corrected chi connectivity index (χ2v) is 3.55. The molecule has 19 heavy (non-hydrogen) atoms. The van der Waals surface area contributed by atoms with Gasteiger partial charge in [0.15, 0.2) is 0 Å². The van der Waals surface area contributed by atoms with E-state index in [1.807, 2.05) is 0 Å². The van der Waals surface area contributed by atoms with Gasteiger partial charge in [-0.15, -0.1) is 6.58 Å². The van der Waals surface area contributed by atoms with Crippen LogP contribution in [0.2, 0.25) is 0 Å².